The van der Waals surface area contributed by atoms with Crippen molar-refractivity contribution in [2.45, 2.75) is 25.0 Å². The van der Waals surface area contributed by atoms with Crippen LogP contribution in [0, 0.1) is 0 Å². The van der Waals surface area contributed by atoms with Crippen LogP contribution in [0.25, 0.3) is 0 Å². The molecule has 0 atom stereocenters. The van der Waals surface area contributed by atoms with Crippen LogP contribution in [0.15, 0.2) is 24.3 Å². The maximum atomic E-state index is 12.2. The summed E-state index contributed by atoms with van der Waals surface area (Å²) < 4.78 is 32.5. The minimum atomic E-state index is -3.31. The number of sulfonamides is 1. The maximum absolute atomic E-state index is 12.2. The molecule has 1 fully saturated rings. The van der Waals surface area contributed by atoms with E-state index in [1.165, 1.54) is 0 Å². The molecule has 1 saturated heterocycles. The fraction of sp³-hybridized carbons (Fsp3) is 0.538. The van der Waals surface area contributed by atoms with Gasteiger partial charge in [0.05, 0.1) is 17.5 Å². The molecule has 0 aromatic heterocycles. The van der Waals surface area contributed by atoms with E-state index in [2.05, 4.69) is 10.0 Å². The van der Waals surface area contributed by atoms with Crippen molar-refractivity contribution in [3.05, 3.63) is 24.3 Å². The zero-order valence-electron chi connectivity index (χ0n) is 11.1. The van der Waals surface area contributed by atoms with E-state index in [1.807, 2.05) is 13.0 Å². The number of hydrogen-bond donors (Lipinski definition) is 2. The van der Waals surface area contributed by atoms with E-state index in [1.54, 1.807) is 18.2 Å². The van der Waals surface area contributed by atoms with E-state index in [0.717, 1.165) is 13.1 Å². The summed E-state index contributed by atoms with van der Waals surface area (Å²) >= 11 is 0. The average molecular weight is 284 g/mol. The lowest BCUT2D eigenvalue weighted by atomic mass is 10.2. The Labute approximate surface area is 114 Å². The Balaban J connectivity index is 2.08. The van der Waals surface area contributed by atoms with Crippen LogP contribution in [0.2, 0.25) is 0 Å². The number of nitrogens with one attached hydrogen (secondary N) is 2. The van der Waals surface area contributed by atoms with Crippen molar-refractivity contribution < 1.29 is 13.2 Å². The van der Waals surface area contributed by atoms with Crippen molar-refractivity contribution in [1.82, 2.24) is 5.32 Å². The molecule has 1 aliphatic heterocycles. The number of piperidine rings is 1. The zero-order chi connectivity index (χ0) is 13.7. The highest BCUT2D eigenvalue weighted by molar-refractivity contribution is 7.93. The SMILES string of the molecule is CCOc1cccc(NS(=O)(=O)C2CCNCC2)c1. The van der Waals surface area contributed by atoms with Crippen molar-refractivity contribution in [3.8, 4) is 5.75 Å². The molecule has 6 heteroatoms. The third-order valence-electron chi connectivity index (χ3n) is 3.13. The first-order valence-corrected chi connectivity index (χ1v) is 8.11. The first-order valence-electron chi connectivity index (χ1n) is 6.57. The summed E-state index contributed by atoms with van der Waals surface area (Å²) in [4.78, 5) is 0. The third kappa shape index (κ3) is 3.84. The first kappa shape index (κ1) is 14.1. The number of anilines is 1. The summed E-state index contributed by atoms with van der Waals surface area (Å²) in [6.45, 7) is 3.96. The van der Waals surface area contributed by atoms with Crippen LogP contribution in [-0.4, -0.2) is 33.4 Å². The molecule has 0 saturated carbocycles. The van der Waals surface area contributed by atoms with Crippen molar-refractivity contribution in [2.75, 3.05) is 24.4 Å². The van der Waals surface area contributed by atoms with Gasteiger partial charge in [0.25, 0.3) is 0 Å². The molecule has 0 radical (unpaired) electrons. The van der Waals surface area contributed by atoms with Gasteiger partial charge in [0, 0.05) is 6.07 Å². The highest BCUT2D eigenvalue weighted by Crippen LogP contribution is 2.21. The molecule has 1 aromatic rings. The van der Waals surface area contributed by atoms with E-state index < -0.39 is 10.0 Å². The van der Waals surface area contributed by atoms with Gasteiger partial charge >= 0.3 is 0 Å². The molecule has 5 nitrogen and oxygen atoms in total. The molecule has 1 aliphatic rings. The Morgan fingerprint density at radius 2 is 2.11 bits per heavy atom. The Bertz CT molecular complexity index is 510. The lowest BCUT2D eigenvalue weighted by Gasteiger charge is -2.23. The molecular formula is C13H20N2O3S. The number of ether oxygens (including phenoxy) is 1. The monoisotopic (exact) mass is 284 g/mol. The zero-order valence-corrected chi connectivity index (χ0v) is 11.9. The first-order chi connectivity index (χ1) is 9.12. The molecule has 0 unspecified atom stereocenters. The second-order valence-electron chi connectivity index (χ2n) is 4.56. The summed E-state index contributed by atoms with van der Waals surface area (Å²) in [6, 6.07) is 7.04. The van der Waals surface area contributed by atoms with E-state index in [-0.39, 0.29) is 5.25 Å². The predicted octanol–water partition coefficient (Wildman–Crippen LogP) is 1.58. The molecule has 19 heavy (non-hydrogen) atoms. The van der Waals surface area contributed by atoms with E-state index in [9.17, 15) is 8.42 Å². The van der Waals surface area contributed by atoms with Crippen LogP contribution in [0.4, 0.5) is 5.69 Å². The Kier molecular flexibility index (Phi) is 4.66. The summed E-state index contributed by atoms with van der Waals surface area (Å²) in [5, 5.41) is 2.85. The minimum Gasteiger partial charge on any atom is -0.494 e. The molecule has 1 heterocycles. The molecule has 0 aliphatic carbocycles. The number of rotatable bonds is 5. The quantitative estimate of drug-likeness (QED) is 0.861. The summed E-state index contributed by atoms with van der Waals surface area (Å²) in [6.07, 6.45) is 1.31. The molecule has 0 amide bonds. The second-order valence-corrected chi connectivity index (χ2v) is 6.52. The Morgan fingerprint density at radius 3 is 2.79 bits per heavy atom. The lowest BCUT2D eigenvalue weighted by Crippen LogP contribution is -2.38. The molecular weight excluding hydrogens is 264 g/mol. The topological polar surface area (TPSA) is 67.4 Å². The summed E-state index contributed by atoms with van der Waals surface area (Å²) in [7, 11) is -3.31. The van der Waals surface area contributed by atoms with Crippen molar-refractivity contribution in [2.24, 2.45) is 0 Å². The minimum absolute atomic E-state index is 0.315. The van der Waals surface area contributed by atoms with Gasteiger partial charge in [-0.2, -0.15) is 0 Å². The number of hydrogen-bond acceptors (Lipinski definition) is 4. The van der Waals surface area contributed by atoms with Gasteiger partial charge in [-0.3, -0.25) is 4.72 Å². The largest absolute Gasteiger partial charge is 0.494 e. The molecule has 0 bridgehead atoms. The van der Waals surface area contributed by atoms with E-state index in [0.29, 0.717) is 30.9 Å². The van der Waals surface area contributed by atoms with Crippen LogP contribution < -0.4 is 14.8 Å². The molecule has 106 valence electrons. The lowest BCUT2D eigenvalue weighted by molar-refractivity contribution is 0.340. The average Bonchev–Trinajstić information content (AvgIpc) is 2.40. The molecule has 0 spiro atoms. The Hall–Kier alpha value is -1.27. The summed E-state index contributed by atoms with van der Waals surface area (Å²) in [5.41, 5.74) is 0.560. The van der Waals surface area contributed by atoms with Crippen LogP contribution >= 0.6 is 0 Å². The maximum Gasteiger partial charge on any atom is 0.235 e. The van der Waals surface area contributed by atoms with Crippen molar-refractivity contribution in [3.63, 3.8) is 0 Å². The van der Waals surface area contributed by atoms with Gasteiger partial charge in [-0.1, -0.05) is 6.07 Å². The van der Waals surface area contributed by atoms with Crippen LogP contribution in [-0.2, 0) is 10.0 Å². The van der Waals surface area contributed by atoms with Gasteiger partial charge in [0.1, 0.15) is 5.75 Å². The third-order valence-corrected chi connectivity index (χ3v) is 5.00. The van der Waals surface area contributed by atoms with Crippen molar-refractivity contribution in [1.29, 1.82) is 0 Å². The molecule has 2 rings (SSSR count). The van der Waals surface area contributed by atoms with Gasteiger partial charge < -0.3 is 10.1 Å². The second kappa shape index (κ2) is 6.25. The van der Waals surface area contributed by atoms with Crippen LogP contribution in [0.3, 0.4) is 0 Å². The highest BCUT2D eigenvalue weighted by atomic mass is 32.2. The smallest absolute Gasteiger partial charge is 0.235 e. The summed E-state index contributed by atoms with van der Waals surface area (Å²) in [5.74, 6) is 0.674. The highest BCUT2D eigenvalue weighted by Gasteiger charge is 2.27. The standard InChI is InChI=1S/C13H20N2O3S/c1-2-18-12-5-3-4-11(10-12)15-19(16,17)13-6-8-14-9-7-13/h3-5,10,13-15H,2,6-9H2,1H3. The van der Waals surface area contributed by atoms with Gasteiger partial charge in [0.15, 0.2) is 0 Å². The van der Waals surface area contributed by atoms with Crippen LogP contribution in [0.1, 0.15) is 19.8 Å². The van der Waals surface area contributed by atoms with Gasteiger partial charge in [-0.15, -0.1) is 0 Å². The Morgan fingerprint density at radius 1 is 1.37 bits per heavy atom. The van der Waals surface area contributed by atoms with Crippen LogP contribution in [0.5, 0.6) is 5.75 Å². The van der Waals surface area contributed by atoms with Gasteiger partial charge in [-0.25, -0.2) is 8.42 Å². The molecule has 2 N–H and O–H groups in total. The van der Waals surface area contributed by atoms with Gasteiger partial charge in [-0.05, 0) is 45.0 Å². The fourth-order valence-corrected chi connectivity index (χ4v) is 3.65. The fourth-order valence-electron chi connectivity index (χ4n) is 2.17. The van der Waals surface area contributed by atoms with E-state index in [4.69, 9.17) is 4.74 Å². The van der Waals surface area contributed by atoms with Gasteiger partial charge in [0.2, 0.25) is 10.0 Å². The van der Waals surface area contributed by atoms with E-state index >= 15 is 0 Å². The normalized spacial score (nSPS) is 17.1. The number of benzene rings is 1. The van der Waals surface area contributed by atoms with Crippen molar-refractivity contribution >= 4 is 15.7 Å². The molecule has 1 aromatic carbocycles. The predicted molar refractivity (Wildman–Crippen MR) is 76.0 cm³/mol.